The Bertz CT molecular complexity index is 1070. The van der Waals surface area contributed by atoms with E-state index in [2.05, 4.69) is 5.32 Å². The summed E-state index contributed by atoms with van der Waals surface area (Å²) in [6.45, 7) is 0. The van der Waals surface area contributed by atoms with E-state index in [-0.39, 0.29) is 22.0 Å². The first-order valence-electron chi connectivity index (χ1n) is 7.08. The van der Waals surface area contributed by atoms with Gasteiger partial charge in [0.1, 0.15) is 0 Å². The van der Waals surface area contributed by atoms with Crippen molar-refractivity contribution in [3.05, 3.63) is 69.4 Å². The van der Waals surface area contributed by atoms with Crippen LogP contribution in [0.2, 0.25) is 10.0 Å². The summed E-state index contributed by atoms with van der Waals surface area (Å²) in [6, 6.07) is 10.5. The number of amides is 1. The number of sulfone groups is 1. The average Bonchev–Trinajstić information content (AvgIpc) is 2.92. The third-order valence-corrected chi connectivity index (χ3v) is 6.57. The smallest absolute Gasteiger partial charge is 0.271 e. The van der Waals surface area contributed by atoms with Gasteiger partial charge in [-0.3, -0.25) is 4.79 Å². The Hall–Kier alpha value is -2.22. The fourth-order valence-electron chi connectivity index (χ4n) is 3.22. The summed E-state index contributed by atoms with van der Waals surface area (Å²) in [7, 11) is -4.29. The number of hydrogen-bond donors (Lipinski definition) is 1. The van der Waals surface area contributed by atoms with E-state index in [0.717, 1.165) is 4.90 Å². The van der Waals surface area contributed by atoms with E-state index < -0.39 is 26.5 Å². The zero-order valence-corrected chi connectivity index (χ0v) is 14.7. The van der Waals surface area contributed by atoms with Gasteiger partial charge in [0.15, 0.2) is 0 Å². The van der Waals surface area contributed by atoms with E-state index in [4.69, 9.17) is 23.2 Å². The second kappa shape index (κ2) is 5.14. The normalized spacial score (nSPS) is 23.5. The topological polar surface area (TPSA) is 89.5 Å². The zero-order chi connectivity index (χ0) is 18.0. The fourth-order valence-corrected chi connectivity index (χ4v) is 5.35. The molecular formula is C16H9Cl2N2O4S-. The Morgan fingerprint density at radius 2 is 1.80 bits per heavy atom. The predicted molar refractivity (Wildman–Crippen MR) is 92.7 cm³/mol. The maximum atomic E-state index is 12.9. The molecule has 2 heterocycles. The monoisotopic (exact) mass is 395 g/mol. The Labute approximate surface area is 153 Å². The van der Waals surface area contributed by atoms with Gasteiger partial charge in [0.05, 0.1) is 0 Å². The standard InChI is InChI=1S/C16H10Cl2N2O4S/c17-9-2-1-3-11(6-9)20-14(21)8-25(23,24)16(20)12-7-10(18)4-5-13(12)19-15(16)22/h1-8,21H,(H,19,22)/p-1. The molecule has 2 aromatic rings. The van der Waals surface area contributed by atoms with Crippen molar-refractivity contribution in [3.8, 4) is 0 Å². The lowest BCUT2D eigenvalue weighted by atomic mass is 10.0. The largest absolute Gasteiger partial charge is 0.860 e. The van der Waals surface area contributed by atoms with Crippen molar-refractivity contribution >= 4 is 50.3 Å². The van der Waals surface area contributed by atoms with Crippen molar-refractivity contribution in [1.29, 1.82) is 0 Å². The van der Waals surface area contributed by atoms with Gasteiger partial charge in [-0.25, -0.2) is 8.42 Å². The Kier molecular flexibility index (Phi) is 3.34. The van der Waals surface area contributed by atoms with Crippen LogP contribution in [0.1, 0.15) is 5.56 Å². The Morgan fingerprint density at radius 3 is 2.52 bits per heavy atom. The molecule has 0 radical (unpaired) electrons. The summed E-state index contributed by atoms with van der Waals surface area (Å²) in [5.74, 6) is -1.67. The first-order chi connectivity index (χ1) is 11.8. The quantitative estimate of drug-likeness (QED) is 0.798. The minimum atomic E-state index is -4.29. The highest BCUT2D eigenvalue weighted by Crippen LogP contribution is 2.52. The van der Waals surface area contributed by atoms with Crippen LogP contribution in [0, 0.1) is 0 Å². The molecule has 4 rings (SSSR count). The van der Waals surface area contributed by atoms with Gasteiger partial charge in [0, 0.05) is 32.4 Å². The second-order valence-corrected chi connectivity index (χ2v) is 8.39. The number of carbonyl (C=O) groups excluding carboxylic acids is 1. The third-order valence-electron chi connectivity index (χ3n) is 4.17. The van der Waals surface area contributed by atoms with E-state index in [1.165, 1.54) is 30.3 Å². The molecule has 6 nitrogen and oxygen atoms in total. The highest BCUT2D eigenvalue weighted by atomic mass is 35.5. The van der Waals surface area contributed by atoms with E-state index in [1.54, 1.807) is 12.1 Å². The number of carbonyl (C=O) groups is 1. The minimum Gasteiger partial charge on any atom is -0.860 e. The van der Waals surface area contributed by atoms with Gasteiger partial charge in [-0.1, -0.05) is 29.3 Å². The van der Waals surface area contributed by atoms with Crippen LogP contribution in [-0.4, -0.2) is 14.3 Å². The molecule has 0 bridgehead atoms. The molecule has 0 saturated heterocycles. The molecule has 2 aromatic carbocycles. The van der Waals surface area contributed by atoms with Crippen molar-refractivity contribution in [2.45, 2.75) is 4.87 Å². The fraction of sp³-hybridized carbons (Fsp3) is 0.0625. The summed E-state index contributed by atoms with van der Waals surface area (Å²) in [4.78, 5) is 11.5. The molecule has 0 aliphatic carbocycles. The highest BCUT2D eigenvalue weighted by molar-refractivity contribution is 7.96. The van der Waals surface area contributed by atoms with Gasteiger partial charge in [-0.05, 0) is 42.3 Å². The molecule has 1 unspecified atom stereocenters. The molecule has 1 atom stereocenters. The van der Waals surface area contributed by atoms with E-state index in [9.17, 15) is 18.3 Å². The Balaban J connectivity index is 2.08. The van der Waals surface area contributed by atoms with Gasteiger partial charge in [0.25, 0.3) is 10.8 Å². The lowest BCUT2D eigenvalue weighted by Gasteiger charge is -2.37. The van der Waals surface area contributed by atoms with E-state index in [1.807, 2.05) is 0 Å². The SMILES string of the molecule is O=C1Nc2ccc(Cl)cc2C12N(c1cccc(Cl)c1)C([O-])=CS2(=O)=O. The second-order valence-electron chi connectivity index (χ2n) is 5.60. The lowest BCUT2D eigenvalue weighted by molar-refractivity contribution is -0.305. The molecule has 1 N–H and O–H groups in total. The van der Waals surface area contributed by atoms with E-state index >= 15 is 0 Å². The van der Waals surface area contributed by atoms with Crippen molar-refractivity contribution in [2.24, 2.45) is 0 Å². The van der Waals surface area contributed by atoms with Crippen molar-refractivity contribution in [2.75, 3.05) is 10.2 Å². The van der Waals surface area contributed by atoms with Gasteiger partial charge in [0.2, 0.25) is 9.84 Å². The average molecular weight is 396 g/mol. The van der Waals surface area contributed by atoms with Crippen LogP contribution in [0.3, 0.4) is 0 Å². The van der Waals surface area contributed by atoms with Gasteiger partial charge in [-0.2, -0.15) is 0 Å². The van der Waals surface area contributed by atoms with Crippen LogP contribution in [-0.2, 0) is 19.5 Å². The number of nitrogens with one attached hydrogen (secondary N) is 1. The molecule has 128 valence electrons. The van der Waals surface area contributed by atoms with Gasteiger partial charge in [-0.15, -0.1) is 0 Å². The third kappa shape index (κ3) is 2.03. The van der Waals surface area contributed by atoms with Crippen LogP contribution < -0.4 is 15.3 Å². The molecule has 0 saturated carbocycles. The number of rotatable bonds is 1. The van der Waals surface area contributed by atoms with Crippen molar-refractivity contribution < 1.29 is 18.3 Å². The van der Waals surface area contributed by atoms with Crippen LogP contribution >= 0.6 is 23.2 Å². The molecule has 2 aliphatic rings. The zero-order valence-electron chi connectivity index (χ0n) is 12.4. The van der Waals surface area contributed by atoms with E-state index in [0.29, 0.717) is 10.4 Å². The number of benzene rings is 2. The molecule has 0 fully saturated rings. The number of hydrogen-bond acceptors (Lipinski definition) is 5. The number of halogens is 2. The Morgan fingerprint density at radius 1 is 1.08 bits per heavy atom. The minimum absolute atomic E-state index is 0.104. The predicted octanol–water partition coefficient (Wildman–Crippen LogP) is 2.19. The maximum absolute atomic E-state index is 12.9. The number of anilines is 2. The molecule has 9 heteroatoms. The van der Waals surface area contributed by atoms with Crippen LogP contribution in [0.25, 0.3) is 0 Å². The first-order valence-corrected chi connectivity index (χ1v) is 9.38. The number of nitrogens with zero attached hydrogens (tertiary/aromatic N) is 1. The maximum Gasteiger partial charge on any atom is 0.271 e. The first kappa shape index (κ1) is 16.3. The van der Waals surface area contributed by atoms with Gasteiger partial charge < -0.3 is 15.3 Å². The van der Waals surface area contributed by atoms with Crippen LogP contribution in [0.4, 0.5) is 11.4 Å². The summed E-state index contributed by atoms with van der Waals surface area (Å²) in [5, 5.41) is 16.2. The van der Waals surface area contributed by atoms with Crippen LogP contribution in [0.15, 0.2) is 53.8 Å². The summed E-state index contributed by atoms with van der Waals surface area (Å²) in [6.07, 6.45) is 0. The molecule has 0 aromatic heterocycles. The molecular weight excluding hydrogens is 387 g/mol. The van der Waals surface area contributed by atoms with Crippen LogP contribution in [0.5, 0.6) is 0 Å². The number of fused-ring (bicyclic) bond motifs is 2. The molecule has 25 heavy (non-hydrogen) atoms. The molecule has 1 amide bonds. The lowest BCUT2D eigenvalue weighted by Crippen LogP contribution is -2.53. The van der Waals surface area contributed by atoms with Gasteiger partial charge >= 0.3 is 0 Å². The molecule has 2 aliphatic heterocycles. The summed E-state index contributed by atoms with van der Waals surface area (Å²) < 4.78 is 25.8. The summed E-state index contributed by atoms with van der Waals surface area (Å²) >= 11 is 12.0. The van der Waals surface area contributed by atoms with Crippen molar-refractivity contribution in [1.82, 2.24) is 0 Å². The molecule has 1 spiro atoms. The summed E-state index contributed by atoms with van der Waals surface area (Å²) in [5.41, 5.74) is 0.581. The highest BCUT2D eigenvalue weighted by Gasteiger charge is 2.63. The van der Waals surface area contributed by atoms with Crippen molar-refractivity contribution in [3.63, 3.8) is 0 Å².